The lowest BCUT2D eigenvalue weighted by molar-refractivity contribution is -0.385. The van der Waals surface area contributed by atoms with Crippen molar-refractivity contribution in [2.24, 2.45) is 5.10 Å². The largest absolute Gasteiger partial charge is 0.490 e. The number of benzene rings is 2. The highest BCUT2D eigenvalue weighted by Crippen LogP contribution is 2.27. The highest BCUT2D eigenvalue weighted by Gasteiger charge is 2.14. The number of nitrogens with zero attached hydrogens (tertiary/aromatic N) is 2. The van der Waals surface area contributed by atoms with E-state index >= 15 is 0 Å². The average Bonchev–Trinajstić information content (AvgIpc) is 2.64. The van der Waals surface area contributed by atoms with Crippen LogP contribution in [0.2, 0.25) is 0 Å². The summed E-state index contributed by atoms with van der Waals surface area (Å²) in [6.45, 7) is 5.63. The molecule has 0 aromatic heterocycles. The van der Waals surface area contributed by atoms with Crippen LogP contribution in [-0.2, 0) is 4.79 Å². The van der Waals surface area contributed by atoms with E-state index < -0.39 is 10.8 Å². The molecule has 1 amide bonds. The average molecular weight is 371 g/mol. The van der Waals surface area contributed by atoms with Crippen LogP contribution in [0.15, 0.2) is 35.4 Å². The predicted molar refractivity (Wildman–Crippen MR) is 102 cm³/mol. The Bertz CT molecular complexity index is 893. The fourth-order valence-corrected chi connectivity index (χ4v) is 2.43. The number of carbonyl (C=O) groups excluding carboxylic acids is 1. The molecule has 0 aliphatic carbocycles. The molecular weight excluding hydrogens is 350 g/mol. The molecule has 2 aromatic carbocycles. The fourth-order valence-electron chi connectivity index (χ4n) is 2.43. The molecular formula is C19H21N3O5. The van der Waals surface area contributed by atoms with E-state index in [1.807, 2.05) is 32.9 Å². The van der Waals surface area contributed by atoms with Gasteiger partial charge in [-0.25, -0.2) is 5.43 Å². The van der Waals surface area contributed by atoms with E-state index in [9.17, 15) is 14.9 Å². The number of ether oxygens (including phenoxy) is 2. The number of nitro benzene ring substituents is 1. The Balaban J connectivity index is 1.97. The SMILES string of the molecule is COc1ccc(/C=N/NC(=O)COc2c(C)ccc(C)c2C)cc1[N+](=O)[O-]. The molecule has 0 aliphatic heterocycles. The van der Waals surface area contributed by atoms with Crippen molar-refractivity contribution in [3.05, 3.63) is 62.7 Å². The van der Waals surface area contributed by atoms with Gasteiger partial charge >= 0.3 is 5.69 Å². The summed E-state index contributed by atoms with van der Waals surface area (Å²) in [4.78, 5) is 22.4. The van der Waals surface area contributed by atoms with Gasteiger partial charge in [-0.05, 0) is 49.6 Å². The third-order valence-corrected chi connectivity index (χ3v) is 4.02. The summed E-state index contributed by atoms with van der Waals surface area (Å²) in [5, 5.41) is 14.8. The van der Waals surface area contributed by atoms with E-state index in [0.29, 0.717) is 11.3 Å². The van der Waals surface area contributed by atoms with Crippen LogP contribution in [0.1, 0.15) is 22.3 Å². The normalized spacial score (nSPS) is 10.7. The number of hydrogen-bond donors (Lipinski definition) is 1. The van der Waals surface area contributed by atoms with Crippen LogP contribution < -0.4 is 14.9 Å². The summed E-state index contributed by atoms with van der Waals surface area (Å²) in [6.07, 6.45) is 1.31. The Labute approximate surface area is 157 Å². The molecule has 0 saturated heterocycles. The van der Waals surface area contributed by atoms with Gasteiger partial charge in [0.2, 0.25) is 0 Å². The summed E-state index contributed by atoms with van der Waals surface area (Å²) in [5.74, 6) is 0.396. The molecule has 0 saturated carbocycles. The van der Waals surface area contributed by atoms with Crippen molar-refractivity contribution in [3.63, 3.8) is 0 Å². The lowest BCUT2D eigenvalue weighted by Crippen LogP contribution is -2.25. The predicted octanol–water partition coefficient (Wildman–Crippen LogP) is 3.06. The van der Waals surface area contributed by atoms with Crippen LogP contribution in [0.25, 0.3) is 0 Å². The zero-order valence-corrected chi connectivity index (χ0v) is 15.6. The Kier molecular flexibility index (Phi) is 6.48. The zero-order valence-electron chi connectivity index (χ0n) is 15.6. The number of amides is 1. The van der Waals surface area contributed by atoms with Crippen molar-refractivity contribution in [1.29, 1.82) is 0 Å². The number of hydrogen-bond acceptors (Lipinski definition) is 6. The number of nitro groups is 1. The van der Waals surface area contributed by atoms with E-state index in [4.69, 9.17) is 9.47 Å². The van der Waals surface area contributed by atoms with Gasteiger partial charge in [0.05, 0.1) is 18.2 Å². The van der Waals surface area contributed by atoms with E-state index in [-0.39, 0.29) is 18.0 Å². The lowest BCUT2D eigenvalue weighted by atomic mass is 10.1. The zero-order chi connectivity index (χ0) is 20.0. The van der Waals surface area contributed by atoms with Crippen LogP contribution in [0.5, 0.6) is 11.5 Å². The van der Waals surface area contributed by atoms with Crippen molar-refractivity contribution in [3.8, 4) is 11.5 Å². The monoisotopic (exact) mass is 371 g/mol. The first-order chi connectivity index (χ1) is 12.8. The number of nitrogens with one attached hydrogen (secondary N) is 1. The minimum atomic E-state index is -0.547. The first kappa shape index (κ1) is 19.9. The molecule has 2 aromatic rings. The minimum absolute atomic E-state index is 0.151. The summed E-state index contributed by atoms with van der Waals surface area (Å²) < 4.78 is 10.5. The minimum Gasteiger partial charge on any atom is -0.490 e. The molecule has 0 fully saturated rings. The molecule has 0 heterocycles. The maximum atomic E-state index is 11.9. The Hall–Kier alpha value is -3.42. The van der Waals surface area contributed by atoms with Gasteiger partial charge in [0, 0.05) is 11.6 Å². The van der Waals surface area contributed by atoms with Crippen molar-refractivity contribution < 1.29 is 19.2 Å². The van der Waals surface area contributed by atoms with Crippen molar-refractivity contribution in [2.75, 3.05) is 13.7 Å². The second-order valence-corrected chi connectivity index (χ2v) is 5.92. The smallest absolute Gasteiger partial charge is 0.311 e. The standard InChI is InChI=1S/C19H21N3O5/c1-12-5-6-13(2)19(14(12)3)27-11-18(23)21-20-10-15-7-8-17(26-4)16(9-15)22(24)25/h5-10H,11H2,1-4H3,(H,21,23)/b20-10+. The van der Waals surface area contributed by atoms with E-state index in [2.05, 4.69) is 10.5 Å². The maximum absolute atomic E-state index is 11.9. The number of methoxy groups -OCH3 is 1. The maximum Gasteiger partial charge on any atom is 0.311 e. The van der Waals surface area contributed by atoms with Gasteiger partial charge in [0.15, 0.2) is 12.4 Å². The highest BCUT2D eigenvalue weighted by molar-refractivity contribution is 5.84. The fraction of sp³-hybridized carbons (Fsp3) is 0.263. The van der Waals surface area contributed by atoms with Gasteiger partial charge in [-0.2, -0.15) is 5.10 Å². The van der Waals surface area contributed by atoms with Gasteiger partial charge in [-0.15, -0.1) is 0 Å². The number of rotatable bonds is 7. The van der Waals surface area contributed by atoms with Crippen molar-refractivity contribution in [2.45, 2.75) is 20.8 Å². The third kappa shape index (κ3) is 5.04. The number of carbonyl (C=O) groups is 1. The van der Waals surface area contributed by atoms with Gasteiger partial charge in [-0.3, -0.25) is 14.9 Å². The molecule has 0 radical (unpaired) electrons. The van der Waals surface area contributed by atoms with Crippen LogP contribution in [0.3, 0.4) is 0 Å². The molecule has 0 atom stereocenters. The van der Waals surface area contributed by atoms with E-state index in [1.54, 1.807) is 6.07 Å². The van der Waals surface area contributed by atoms with Crippen LogP contribution >= 0.6 is 0 Å². The molecule has 8 heteroatoms. The molecule has 2 rings (SSSR count). The molecule has 0 spiro atoms. The highest BCUT2D eigenvalue weighted by atomic mass is 16.6. The van der Waals surface area contributed by atoms with Crippen LogP contribution in [0, 0.1) is 30.9 Å². The Morgan fingerprint density at radius 2 is 1.93 bits per heavy atom. The molecule has 0 unspecified atom stereocenters. The quantitative estimate of drug-likeness (QED) is 0.458. The van der Waals surface area contributed by atoms with Crippen molar-refractivity contribution >= 4 is 17.8 Å². The Morgan fingerprint density at radius 1 is 1.22 bits per heavy atom. The first-order valence-corrected chi connectivity index (χ1v) is 8.17. The van der Waals surface area contributed by atoms with Gasteiger partial charge in [-0.1, -0.05) is 12.1 Å². The Morgan fingerprint density at radius 3 is 2.59 bits per heavy atom. The third-order valence-electron chi connectivity index (χ3n) is 4.02. The van der Waals surface area contributed by atoms with Crippen LogP contribution in [0.4, 0.5) is 5.69 Å². The van der Waals surface area contributed by atoms with E-state index in [1.165, 1.54) is 25.5 Å². The summed E-state index contributed by atoms with van der Waals surface area (Å²) in [5.41, 5.74) is 5.62. The second kappa shape index (κ2) is 8.79. The van der Waals surface area contributed by atoms with Gasteiger partial charge in [0.1, 0.15) is 5.75 Å². The molecule has 1 N–H and O–H groups in total. The number of hydrazone groups is 1. The summed E-state index contributed by atoms with van der Waals surface area (Å²) in [7, 11) is 1.36. The molecule has 0 bridgehead atoms. The second-order valence-electron chi connectivity index (χ2n) is 5.92. The summed E-state index contributed by atoms with van der Waals surface area (Å²) in [6, 6.07) is 8.30. The first-order valence-electron chi connectivity index (χ1n) is 8.17. The van der Waals surface area contributed by atoms with Crippen molar-refractivity contribution in [1.82, 2.24) is 5.43 Å². The van der Waals surface area contributed by atoms with Gasteiger partial charge in [0.25, 0.3) is 5.91 Å². The molecule has 8 nitrogen and oxygen atoms in total. The van der Waals surface area contributed by atoms with E-state index in [0.717, 1.165) is 16.7 Å². The number of aryl methyl sites for hydroxylation is 2. The molecule has 0 aliphatic rings. The topological polar surface area (TPSA) is 103 Å². The molecule has 27 heavy (non-hydrogen) atoms. The lowest BCUT2D eigenvalue weighted by Gasteiger charge is -2.13. The molecule has 142 valence electrons. The van der Waals surface area contributed by atoms with Crippen LogP contribution in [-0.4, -0.2) is 30.8 Å². The van der Waals surface area contributed by atoms with Gasteiger partial charge < -0.3 is 9.47 Å². The summed E-state index contributed by atoms with van der Waals surface area (Å²) >= 11 is 0.